The number of amides is 1. The maximum atomic E-state index is 12.5. The summed E-state index contributed by atoms with van der Waals surface area (Å²) in [7, 11) is 0. The molecular weight excluding hydrogens is 306 g/mol. The molecule has 1 spiro atoms. The summed E-state index contributed by atoms with van der Waals surface area (Å²) in [4.78, 5) is 28.5. The monoisotopic (exact) mass is 329 g/mol. The third kappa shape index (κ3) is 2.34. The summed E-state index contributed by atoms with van der Waals surface area (Å²) in [6, 6.07) is 2.00. The van der Waals surface area contributed by atoms with Crippen molar-refractivity contribution in [3.05, 3.63) is 18.6 Å². The number of likely N-dealkylation sites (tertiary alicyclic amines) is 1. The number of aliphatic hydroxyl groups is 1. The van der Waals surface area contributed by atoms with Crippen LogP contribution in [0.1, 0.15) is 32.6 Å². The maximum Gasteiger partial charge on any atom is 0.251 e. The molecule has 2 fully saturated rings. The SMILES string of the molecule is C[C@H](O)C(=O)N1CCCC12CCCN(c1ncnc3[nH]ccc13)C2. The van der Waals surface area contributed by atoms with Crippen molar-refractivity contribution in [1.82, 2.24) is 19.9 Å². The Bertz CT molecular complexity index is 758. The zero-order valence-electron chi connectivity index (χ0n) is 13.9. The molecule has 2 atom stereocenters. The Morgan fingerprint density at radius 1 is 1.33 bits per heavy atom. The predicted molar refractivity (Wildman–Crippen MR) is 90.7 cm³/mol. The van der Waals surface area contributed by atoms with Gasteiger partial charge in [-0.05, 0) is 38.7 Å². The Kier molecular flexibility index (Phi) is 3.68. The van der Waals surface area contributed by atoms with Crippen LogP contribution in [0.5, 0.6) is 0 Å². The molecule has 7 nitrogen and oxygen atoms in total. The van der Waals surface area contributed by atoms with Gasteiger partial charge in [0, 0.05) is 25.8 Å². The largest absolute Gasteiger partial charge is 0.384 e. The molecular formula is C17H23N5O2. The van der Waals surface area contributed by atoms with E-state index in [2.05, 4.69) is 19.9 Å². The number of carbonyl (C=O) groups excluding carboxylic acids is 1. The lowest BCUT2D eigenvalue weighted by atomic mass is 9.86. The first-order chi connectivity index (χ1) is 11.6. The first-order valence-electron chi connectivity index (χ1n) is 8.63. The number of H-pyrrole nitrogens is 1. The molecule has 0 aliphatic carbocycles. The number of aliphatic hydroxyl groups excluding tert-OH is 1. The van der Waals surface area contributed by atoms with Gasteiger partial charge in [0.25, 0.3) is 5.91 Å². The predicted octanol–water partition coefficient (Wildman–Crippen LogP) is 1.30. The van der Waals surface area contributed by atoms with Gasteiger partial charge < -0.3 is 19.9 Å². The lowest BCUT2D eigenvalue weighted by molar-refractivity contribution is -0.143. The zero-order valence-corrected chi connectivity index (χ0v) is 13.9. The van der Waals surface area contributed by atoms with Crippen molar-refractivity contribution in [2.45, 2.75) is 44.2 Å². The van der Waals surface area contributed by atoms with Crippen molar-refractivity contribution < 1.29 is 9.90 Å². The molecule has 2 aliphatic rings. The Morgan fingerprint density at radius 2 is 2.12 bits per heavy atom. The molecule has 0 aromatic carbocycles. The van der Waals surface area contributed by atoms with E-state index in [1.54, 1.807) is 13.3 Å². The Balaban J connectivity index is 1.66. The first-order valence-corrected chi connectivity index (χ1v) is 8.63. The van der Waals surface area contributed by atoms with Crippen LogP contribution in [0, 0.1) is 0 Å². The summed E-state index contributed by atoms with van der Waals surface area (Å²) in [6.07, 6.45) is 6.51. The molecule has 128 valence electrons. The third-order valence-electron chi connectivity index (χ3n) is 5.41. The van der Waals surface area contributed by atoms with E-state index >= 15 is 0 Å². The highest BCUT2D eigenvalue weighted by Gasteiger charge is 2.47. The lowest BCUT2D eigenvalue weighted by Gasteiger charge is -2.46. The summed E-state index contributed by atoms with van der Waals surface area (Å²) >= 11 is 0. The van der Waals surface area contributed by atoms with Gasteiger partial charge in [0.05, 0.1) is 10.9 Å². The number of piperidine rings is 1. The van der Waals surface area contributed by atoms with Gasteiger partial charge in [0.15, 0.2) is 0 Å². The van der Waals surface area contributed by atoms with Crippen molar-refractivity contribution in [2.75, 3.05) is 24.5 Å². The summed E-state index contributed by atoms with van der Waals surface area (Å²) in [5, 5.41) is 10.8. The Morgan fingerprint density at radius 3 is 2.92 bits per heavy atom. The first kappa shape index (κ1) is 15.4. The second kappa shape index (κ2) is 5.73. The van der Waals surface area contributed by atoms with E-state index in [0.717, 1.165) is 62.2 Å². The second-order valence-electron chi connectivity index (χ2n) is 6.96. The number of anilines is 1. The Labute approximate surface area is 140 Å². The highest BCUT2D eigenvalue weighted by molar-refractivity contribution is 5.87. The van der Waals surface area contributed by atoms with E-state index in [0.29, 0.717) is 0 Å². The van der Waals surface area contributed by atoms with Gasteiger partial charge in [-0.25, -0.2) is 9.97 Å². The smallest absolute Gasteiger partial charge is 0.251 e. The van der Waals surface area contributed by atoms with Gasteiger partial charge in [-0.1, -0.05) is 0 Å². The fraction of sp³-hybridized carbons (Fsp3) is 0.588. The molecule has 1 amide bonds. The van der Waals surface area contributed by atoms with Gasteiger partial charge in [-0.3, -0.25) is 4.79 Å². The normalized spacial score (nSPS) is 25.6. The number of nitrogens with one attached hydrogen (secondary N) is 1. The van der Waals surface area contributed by atoms with Crippen LogP contribution in [0.25, 0.3) is 11.0 Å². The molecule has 2 aromatic heterocycles. The van der Waals surface area contributed by atoms with Crippen LogP contribution in [0.3, 0.4) is 0 Å². The molecule has 0 bridgehead atoms. The zero-order chi connectivity index (χ0) is 16.7. The topological polar surface area (TPSA) is 85.3 Å². The number of rotatable bonds is 2. The molecule has 0 saturated carbocycles. The number of aromatic nitrogens is 3. The van der Waals surface area contributed by atoms with Crippen LogP contribution < -0.4 is 4.90 Å². The molecule has 7 heteroatoms. The van der Waals surface area contributed by atoms with E-state index in [1.165, 1.54) is 0 Å². The number of carbonyl (C=O) groups is 1. The van der Waals surface area contributed by atoms with Crippen LogP contribution in [0.2, 0.25) is 0 Å². The third-order valence-corrected chi connectivity index (χ3v) is 5.41. The lowest BCUT2D eigenvalue weighted by Crippen LogP contribution is -2.59. The highest BCUT2D eigenvalue weighted by atomic mass is 16.3. The van der Waals surface area contributed by atoms with Crippen LogP contribution in [-0.4, -0.2) is 62.1 Å². The van der Waals surface area contributed by atoms with Gasteiger partial charge in [-0.15, -0.1) is 0 Å². The van der Waals surface area contributed by atoms with Crippen molar-refractivity contribution in [3.63, 3.8) is 0 Å². The number of nitrogens with zero attached hydrogens (tertiary/aromatic N) is 4. The van der Waals surface area contributed by atoms with Crippen molar-refractivity contribution >= 4 is 22.8 Å². The van der Waals surface area contributed by atoms with Crippen molar-refractivity contribution in [2.24, 2.45) is 0 Å². The van der Waals surface area contributed by atoms with Gasteiger partial charge in [0.2, 0.25) is 0 Å². The molecule has 2 aliphatic heterocycles. The van der Waals surface area contributed by atoms with Crippen LogP contribution >= 0.6 is 0 Å². The van der Waals surface area contributed by atoms with E-state index in [9.17, 15) is 9.90 Å². The molecule has 1 unspecified atom stereocenters. The average Bonchev–Trinajstić information content (AvgIpc) is 3.21. The molecule has 4 heterocycles. The van der Waals surface area contributed by atoms with E-state index in [1.807, 2.05) is 17.2 Å². The quantitative estimate of drug-likeness (QED) is 0.867. The molecule has 4 rings (SSSR count). The number of hydrogen-bond acceptors (Lipinski definition) is 5. The fourth-order valence-electron chi connectivity index (χ4n) is 4.34. The maximum absolute atomic E-state index is 12.5. The molecule has 2 N–H and O–H groups in total. The number of aromatic amines is 1. The van der Waals surface area contributed by atoms with E-state index in [4.69, 9.17) is 0 Å². The van der Waals surface area contributed by atoms with Crippen LogP contribution in [-0.2, 0) is 4.79 Å². The molecule has 24 heavy (non-hydrogen) atoms. The van der Waals surface area contributed by atoms with Crippen molar-refractivity contribution in [1.29, 1.82) is 0 Å². The fourth-order valence-corrected chi connectivity index (χ4v) is 4.34. The van der Waals surface area contributed by atoms with E-state index < -0.39 is 6.10 Å². The average molecular weight is 329 g/mol. The molecule has 2 aromatic rings. The van der Waals surface area contributed by atoms with Gasteiger partial charge in [0.1, 0.15) is 23.9 Å². The van der Waals surface area contributed by atoms with Gasteiger partial charge >= 0.3 is 0 Å². The van der Waals surface area contributed by atoms with Crippen LogP contribution in [0.15, 0.2) is 18.6 Å². The van der Waals surface area contributed by atoms with Crippen molar-refractivity contribution in [3.8, 4) is 0 Å². The highest BCUT2D eigenvalue weighted by Crippen LogP contribution is 2.39. The van der Waals surface area contributed by atoms with E-state index in [-0.39, 0.29) is 11.4 Å². The standard InChI is InChI=1S/C17H23N5O2/c1-12(23)16(24)22-9-3-6-17(22)5-2-8-21(10-17)15-13-4-7-18-14(13)19-11-20-15/h4,7,11-12,23H,2-3,5-6,8-10H2,1H3,(H,18,19,20)/t12-,17?/m0/s1. The summed E-state index contributed by atoms with van der Waals surface area (Å²) in [5.74, 6) is 0.778. The molecule has 0 radical (unpaired) electrons. The minimum atomic E-state index is -0.939. The number of hydrogen-bond donors (Lipinski definition) is 2. The summed E-state index contributed by atoms with van der Waals surface area (Å²) in [5.41, 5.74) is 0.655. The summed E-state index contributed by atoms with van der Waals surface area (Å²) < 4.78 is 0. The second-order valence-corrected chi connectivity index (χ2v) is 6.96. The Hall–Kier alpha value is -2.15. The summed E-state index contributed by atoms with van der Waals surface area (Å²) in [6.45, 7) is 3.99. The minimum absolute atomic E-state index is 0.149. The van der Waals surface area contributed by atoms with Gasteiger partial charge in [-0.2, -0.15) is 0 Å². The minimum Gasteiger partial charge on any atom is -0.384 e. The number of fused-ring (bicyclic) bond motifs is 1. The van der Waals surface area contributed by atoms with Crippen LogP contribution in [0.4, 0.5) is 5.82 Å². The molecule has 2 saturated heterocycles.